The number of para-hydroxylation sites is 5. The van der Waals surface area contributed by atoms with Gasteiger partial charge in [0.05, 0.1) is 11.4 Å². The molecule has 0 spiro atoms. The molecule has 4 nitrogen and oxygen atoms in total. The Morgan fingerprint density at radius 1 is 0.293 bits per heavy atom. The topological polar surface area (TPSA) is 19.0 Å². The van der Waals surface area contributed by atoms with Gasteiger partial charge in [0, 0.05) is 69.0 Å². The van der Waals surface area contributed by atoms with Crippen molar-refractivity contribution < 1.29 is 4.74 Å². The smallest absolute Gasteiger partial charge is 0.256 e. The number of fused-ring (bicyclic) bond motifs is 6. The van der Waals surface area contributed by atoms with E-state index in [1.807, 2.05) is 0 Å². The molecule has 0 radical (unpaired) electrons. The van der Waals surface area contributed by atoms with Crippen molar-refractivity contribution in [2.45, 2.75) is 5.92 Å². The fourth-order valence-electron chi connectivity index (χ4n) is 14.7. The molecule has 5 heteroatoms. The third-order valence-corrected chi connectivity index (χ3v) is 18.6. The lowest BCUT2D eigenvalue weighted by atomic mass is 9.34. The molecule has 0 atom stereocenters. The van der Waals surface area contributed by atoms with Crippen molar-refractivity contribution in [2.24, 2.45) is 0 Å². The maximum absolute atomic E-state index is 7.68. The Labute approximate surface area is 537 Å². The predicted octanol–water partition coefficient (Wildman–Crippen LogP) is 21.5. The average Bonchev–Trinajstić information content (AvgIpc) is 0.706. The van der Waals surface area contributed by atoms with Crippen LogP contribution in [-0.2, 0) is 0 Å². The number of anilines is 9. The van der Waals surface area contributed by atoms with Gasteiger partial charge in [-0.2, -0.15) is 0 Å². The largest absolute Gasteiger partial charge is 0.458 e. The third-order valence-electron chi connectivity index (χ3n) is 18.6. The SMILES string of the molecule is c1ccc(-c2cccc(-c3ccccc3)c2N2c3cc(-c4c5ccccc5c(C(c5ccccc5)c5ccccc5)c5ccccc45)ccc3B3c4ccc(N(c5ccccc5)c5ccccc5)cc4Oc4cc(N(c5ccccc5)c5ccccc5)cc2c43)cc1. The number of hydrogen-bond acceptors (Lipinski definition) is 4. The van der Waals surface area contributed by atoms with E-state index in [4.69, 9.17) is 4.74 Å². The zero-order valence-corrected chi connectivity index (χ0v) is 50.5. The van der Waals surface area contributed by atoms with Crippen molar-refractivity contribution >= 4 is 95.8 Å². The van der Waals surface area contributed by atoms with E-state index in [0.29, 0.717) is 0 Å². The van der Waals surface area contributed by atoms with Gasteiger partial charge in [0.25, 0.3) is 6.71 Å². The van der Waals surface area contributed by atoms with Gasteiger partial charge in [-0.05, 0) is 144 Å². The predicted molar refractivity (Wildman–Crippen MR) is 387 cm³/mol. The molecule has 2 aliphatic rings. The highest BCUT2D eigenvalue weighted by molar-refractivity contribution is 6.99. The summed E-state index contributed by atoms with van der Waals surface area (Å²) in [5, 5.41) is 4.86. The van der Waals surface area contributed by atoms with Gasteiger partial charge in [-0.3, -0.25) is 0 Å². The minimum atomic E-state index is -0.242. The van der Waals surface area contributed by atoms with Crippen LogP contribution in [0, 0.1) is 0 Å². The monoisotopic (exact) mass is 1170 g/mol. The Kier molecular flexibility index (Phi) is 13.7. The van der Waals surface area contributed by atoms with Crippen LogP contribution in [0.3, 0.4) is 0 Å². The van der Waals surface area contributed by atoms with E-state index in [1.54, 1.807) is 0 Å². The van der Waals surface area contributed by atoms with Gasteiger partial charge in [-0.1, -0.05) is 279 Å². The van der Waals surface area contributed by atoms with Crippen molar-refractivity contribution in [3.63, 3.8) is 0 Å². The number of benzene rings is 15. The summed E-state index contributed by atoms with van der Waals surface area (Å²) in [6, 6.07) is 131. The summed E-state index contributed by atoms with van der Waals surface area (Å²) in [5.74, 6) is 1.58. The minimum Gasteiger partial charge on any atom is -0.458 e. The highest BCUT2D eigenvalue weighted by atomic mass is 16.5. The van der Waals surface area contributed by atoms with Crippen LogP contribution in [0.5, 0.6) is 11.5 Å². The molecule has 0 saturated carbocycles. The summed E-state index contributed by atoms with van der Waals surface area (Å²) >= 11 is 0. The Hall–Kier alpha value is -11.9. The van der Waals surface area contributed by atoms with Crippen LogP contribution in [0.1, 0.15) is 22.6 Å². The first-order chi connectivity index (χ1) is 45.7. The molecule has 0 aromatic heterocycles. The molecular formula is C87H60BN3O. The lowest BCUT2D eigenvalue weighted by Crippen LogP contribution is -2.59. The van der Waals surface area contributed by atoms with Gasteiger partial charge in [0.15, 0.2) is 0 Å². The molecule has 432 valence electrons. The molecule has 0 bridgehead atoms. The Balaban J connectivity index is 0.983. The van der Waals surface area contributed by atoms with E-state index in [1.165, 1.54) is 49.3 Å². The van der Waals surface area contributed by atoms with Crippen LogP contribution in [0.15, 0.2) is 358 Å². The summed E-state index contributed by atoms with van der Waals surface area (Å²) in [4.78, 5) is 7.30. The zero-order valence-electron chi connectivity index (χ0n) is 50.5. The molecular weight excluding hydrogens is 1110 g/mol. The van der Waals surface area contributed by atoms with E-state index in [9.17, 15) is 0 Å². The van der Waals surface area contributed by atoms with Crippen molar-refractivity contribution in [1.82, 2.24) is 0 Å². The van der Waals surface area contributed by atoms with Crippen LogP contribution in [-0.4, -0.2) is 6.71 Å². The molecule has 2 aliphatic heterocycles. The summed E-state index contributed by atoms with van der Waals surface area (Å²) in [6.45, 7) is -0.242. The molecule has 0 unspecified atom stereocenters. The highest BCUT2D eigenvalue weighted by Crippen LogP contribution is 2.53. The normalized spacial score (nSPS) is 12.1. The molecule has 17 rings (SSSR count). The van der Waals surface area contributed by atoms with Crippen LogP contribution in [0.25, 0.3) is 54.9 Å². The van der Waals surface area contributed by atoms with Crippen LogP contribution >= 0.6 is 0 Å². The fraction of sp³-hybridized carbons (Fsp3) is 0.0115. The third kappa shape index (κ3) is 9.41. The summed E-state index contributed by atoms with van der Waals surface area (Å²) in [7, 11) is 0. The second-order valence-electron chi connectivity index (χ2n) is 23.8. The number of hydrogen-bond donors (Lipinski definition) is 0. The van der Waals surface area contributed by atoms with Gasteiger partial charge >= 0.3 is 0 Å². The average molecular weight is 1170 g/mol. The maximum atomic E-state index is 7.68. The summed E-state index contributed by atoms with van der Waals surface area (Å²) in [5.41, 5.74) is 23.3. The van der Waals surface area contributed by atoms with E-state index < -0.39 is 0 Å². The second-order valence-corrected chi connectivity index (χ2v) is 23.8. The molecule has 15 aromatic carbocycles. The van der Waals surface area contributed by atoms with Crippen LogP contribution in [0.2, 0.25) is 0 Å². The van der Waals surface area contributed by atoms with Gasteiger partial charge < -0.3 is 19.4 Å². The van der Waals surface area contributed by atoms with Crippen molar-refractivity contribution in [1.29, 1.82) is 0 Å². The lowest BCUT2D eigenvalue weighted by Gasteiger charge is -2.42. The van der Waals surface area contributed by atoms with Gasteiger partial charge in [-0.15, -0.1) is 0 Å². The molecule has 0 fully saturated rings. The summed E-state index contributed by atoms with van der Waals surface area (Å²) < 4.78 is 7.68. The van der Waals surface area contributed by atoms with E-state index >= 15 is 0 Å². The van der Waals surface area contributed by atoms with Gasteiger partial charge in [0.1, 0.15) is 11.5 Å². The first-order valence-electron chi connectivity index (χ1n) is 31.7. The van der Waals surface area contributed by atoms with E-state index in [0.717, 1.165) is 101 Å². The maximum Gasteiger partial charge on any atom is 0.256 e. The van der Waals surface area contributed by atoms with E-state index in [2.05, 4.69) is 373 Å². The van der Waals surface area contributed by atoms with Crippen LogP contribution in [0.4, 0.5) is 51.2 Å². The van der Waals surface area contributed by atoms with Crippen molar-refractivity contribution in [2.75, 3.05) is 14.7 Å². The molecule has 15 aromatic rings. The standard InChI is InChI=1S/C87H60BN3O/c1-9-30-60(31-10-1)71-50-29-51-72(61-32-11-2-12-33-61)87(71)91-79-56-64(84-73-46-25-27-48-75(73)85(76-49-28-26-47-74(76)84)83(62-34-13-3-14-35-62)63-36-15-4-16-37-63)52-54-77(79)88-78-55-53-69(89(65-38-17-5-18-39-65)66-40-19-6-20-41-66)58-81(78)92-82-59-70(57-80(91)86(82)88)90(67-42-21-7-22-43-67)68-44-23-8-24-45-68/h1-59,83H. The van der Waals surface area contributed by atoms with Crippen molar-refractivity contribution in [3.8, 4) is 44.9 Å². The zero-order chi connectivity index (χ0) is 60.9. The Morgan fingerprint density at radius 2 is 0.707 bits per heavy atom. The fourth-order valence-corrected chi connectivity index (χ4v) is 14.7. The van der Waals surface area contributed by atoms with Gasteiger partial charge in [0.2, 0.25) is 0 Å². The van der Waals surface area contributed by atoms with E-state index in [-0.39, 0.29) is 12.6 Å². The molecule has 0 N–H and O–H groups in total. The lowest BCUT2D eigenvalue weighted by molar-refractivity contribution is 0.488. The molecule has 92 heavy (non-hydrogen) atoms. The summed E-state index contributed by atoms with van der Waals surface area (Å²) in [6.07, 6.45) is 0. The molecule has 0 amide bonds. The first kappa shape index (κ1) is 54.3. The van der Waals surface area contributed by atoms with Gasteiger partial charge in [-0.25, -0.2) is 0 Å². The van der Waals surface area contributed by atoms with Crippen LogP contribution < -0.4 is 35.8 Å². The minimum absolute atomic E-state index is 0.0287. The first-order valence-corrected chi connectivity index (χ1v) is 31.7. The molecule has 0 saturated heterocycles. The highest BCUT2D eigenvalue weighted by Gasteiger charge is 2.44. The number of rotatable bonds is 13. The number of nitrogens with zero attached hydrogens (tertiary/aromatic N) is 3. The Morgan fingerprint density at radius 3 is 1.20 bits per heavy atom. The van der Waals surface area contributed by atoms with Crippen molar-refractivity contribution in [3.05, 3.63) is 375 Å². The second kappa shape index (κ2) is 23.2. The molecule has 0 aliphatic carbocycles. The number of ether oxygens (including phenoxy) is 1. The Bertz CT molecular complexity index is 4960. The molecule has 2 heterocycles. The quantitative estimate of drug-likeness (QED) is 0.0650.